The SMILES string of the molecule is Cc1cc(NC(=O)NC[C@@H](CN(C)C)[C@H](O)c2ccccc2)n(C)n1. The molecule has 1 heterocycles. The van der Waals surface area contributed by atoms with Gasteiger partial charge in [0.05, 0.1) is 11.8 Å². The number of nitrogens with zero attached hydrogens (tertiary/aromatic N) is 3. The molecule has 3 N–H and O–H groups in total. The zero-order chi connectivity index (χ0) is 18.4. The predicted molar refractivity (Wildman–Crippen MR) is 98.4 cm³/mol. The van der Waals surface area contributed by atoms with Crippen molar-refractivity contribution in [2.45, 2.75) is 13.0 Å². The molecular weight excluding hydrogens is 318 g/mol. The van der Waals surface area contributed by atoms with Crippen LogP contribution in [0.5, 0.6) is 0 Å². The van der Waals surface area contributed by atoms with E-state index in [-0.39, 0.29) is 11.9 Å². The summed E-state index contributed by atoms with van der Waals surface area (Å²) >= 11 is 0. The summed E-state index contributed by atoms with van der Waals surface area (Å²) in [5.41, 5.74) is 1.68. The fourth-order valence-corrected chi connectivity index (χ4v) is 2.78. The fourth-order valence-electron chi connectivity index (χ4n) is 2.78. The normalized spacial score (nSPS) is 13.5. The Hall–Kier alpha value is -2.38. The van der Waals surface area contributed by atoms with E-state index in [0.717, 1.165) is 11.3 Å². The number of aryl methyl sites for hydroxylation is 2. The van der Waals surface area contributed by atoms with Gasteiger partial charge in [-0.25, -0.2) is 4.79 Å². The number of nitrogens with one attached hydrogen (secondary N) is 2. The zero-order valence-electron chi connectivity index (χ0n) is 15.2. The van der Waals surface area contributed by atoms with Crippen molar-refractivity contribution < 1.29 is 9.90 Å². The van der Waals surface area contributed by atoms with Crippen LogP contribution in [0.25, 0.3) is 0 Å². The van der Waals surface area contributed by atoms with E-state index >= 15 is 0 Å². The molecular formula is C18H27N5O2. The minimum atomic E-state index is -0.650. The van der Waals surface area contributed by atoms with Gasteiger partial charge in [0.15, 0.2) is 0 Å². The number of hydrogen-bond acceptors (Lipinski definition) is 4. The molecule has 0 fully saturated rings. The second-order valence-corrected chi connectivity index (χ2v) is 6.51. The van der Waals surface area contributed by atoms with E-state index in [0.29, 0.717) is 18.9 Å². The largest absolute Gasteiger partial charge is 0.388 e. The van der Waals surface area contributed by atoms with Crippen LogP contribution in [-0.2, 0) is 7.05 Å². The van der Waals surface area contributed by atoms with E-state index in [4.69, 9.17) is 0 Å². The quantitative estimate of drug-likeness (QED) is 0.714. The van der Waals surface area contributed by atoms with Crippen molar-refractivity contribution in [3.05, 3.63) is 47.7 Å². The zero-order valence-corrected chi connectivity index (χ0v) is 15.2. The summed E-state index contributed by atoms with van der Waals surface area (Å²) in [6.45, 7) is 2.88. The van der Waals surface area contributed by atoms with Crippen molar-refractivity contribution in [2.24, 2.45) is 13.0 Å². The molecule has 0 saturated heterocycles. The van der Waals surface area contributed by atoms with Crippen molar-refractivity contribution >= 4 is 11.8 Å². The number of aliphatic hydroxyl groups excluding tert-OH is 1. The van der Waals surface area contributed by atoms with Crippen LogP contribution < -0.4 is 10.6 Å². The van der Waals surface area contributed by atoms with Crippen molar-refractivity contribution in [3.8, 4) is 0 Å². The van der Waals surface area contributed by atoms with Crippen LogP contribution in [0.15, 0.2) is 36.4 Å². The van der Waals surface area contributed by atoms with Gasteiger partial charge in [0, 0.05) is 32.1 Å². The second kappa shape index (κ2) is 8.64. The summed E-state index contributed by atoms with van der Waals surface area (Å²) in [5, 5.41) is 20.5. The van der Waals surface area contributed by atoms with E-state index in [2.05, 4.69) is 15.7 Å². The molecule has 1 aromatic carbocycles. The number of carbonyl (C=O) groups is 1. The van der Waals surface area contributed by atoms with Crippen LogP contribution in [0.3, 0.4) is 0 Å². The standard InChI is InChI=1S/C18H27N5O2/c1-13-10-16(23(4)21-13)20-18(25)19-11-15(12-22(2)3)17(24)14-8-6-5-7-9-14/h5-10,15,17,24H,11-12H2,1-4H3,(H2,19,20,25)/t15-,17+/m0/s1. The lowest BCUT2D eigenvalue weighted by atomic mass is 9.95. The van der Waals surface area contributed by atoms with Gasteiger partial charge in [-0.15, -0.1) is 0 Å². The van der Waals surface area contributed by atoms with Crippen molar-refractivity contribution in [1.82, 2.24) is 20.0 Å². The number of amides is 2. The Labute approximate surface area is 148 Å². The first kappa shape index (κ1) is 19.0. The van der Waals surface area contributed by atoms with Crippen LogP contribution in [0.4, 0.5) is 10.6 Å². The van der Waals surface area contributed by atoms with Crippen molar-refractivity contribution in [1.29, 1.82) is 0 Å². The third kappa shape index (κ3) is 5.58. The lowest BCUT2D eigenvalue weighted by Crippen LogP contribution is -2.39. The molecule has 1 aromatic heterocycles. The van der Waals surface area contributed by atoms with Crippen LogP contribution >= 0.6 is 0 Å². The molecule has 7 heteroatoms. The Morgan fingerprint density at radius 3 is 2.56 bits per heavy atom. The van der Waals surface area contributed by atoms with Gasteiger partial charge in [-0.2, -0.15) is 5.10 Å². The number of aromatic nitrogens is 2. The van der Waals surface area contributed by atoms with Gasteiger partial charge >= 0.3 is 6.03 Å². The van der Waals surface area contributed by atoms with Gasteiger partial charge < -0.3 is 15.3 Å². The first-order valence-electron chi connectivity index (χ1n) is 8.30. The molecule has 0 aliphatic carbocycles. The van der Waals surface area contributed by atoms with Crippen molar-refractivity contribution in [2.75, 3.05) is 32.5 Å². The Morgan fingerprint density at radius 1 is 1.32 bits per heavy atom. The maximum absolute atomic E-state index is 12.2. The summed E-state index contributed by atoms with van der Waals surface area (Å²) in [5.74, 6) is 0.499. The molecule has 0 saturated carbocycles. The van der Waals surface area contributed by atoms with Gasteiger partial charge in [-0.05, 0) is 26.6 Å². The molecule has 7 nitrogen and oxygen atoms in total. The van der Waals surface area contributed by atoms with E-state index in [1.165, 1.54) is 0 Å². The van der Waals surface area contributed by atoms with Gasteiger partial charge in [0.1, 0.15) is 5.82 Å². The molecule has 136 valence electrons. The molecule has 0 unspecified atom stereocenters. The topological polar surface area (TPSA) is 82.4 Å². The molecule has 0 bridgehead atoms. The molecule has 0 radical (unpaired) electrons. The number of benzene rings is 1. The van der Waals surface area contributed by atoms with Gasteiger partial charge in [-0.3, -0.25) is 10.00 Å². The van der Waals surface area contributed by atoms with E-state index in [9.17, 15) is 9.90 Å². The Balaban J connectivity index is 1.97. The van der Waals surface area contributed by atoms with E-state index < -0.39 is 6.10 Å². The summed E-state index contributed by atoms with van der Waals surface area (Å²) in [6.07, 6.45) is -0.650. The number of carbonyl (C=O) groups excluding carboxylic acids is 1. The number of rotatable bonds is 7. The lowest BCUT2D eigenvalue weighted by Gasteiger charge is -2.26. The number of anilines is 1. The molecule has 25 heavy (non-hydrogen) atoms. The van der Waals surface area contributed by atoms with Crippen molar-refractivity contribution in [3.63, 3.8) is 0 Å². The number of urea groups is 1. The molecule has 0 aliphatic heterocycles. The summed E-state index contributed by atoms with van der Waals surface area (Å²) in [4.78, 5) is 14.2. The molecule has 2 rings (SSSR count). The predicted octanol–water partition coefficient (Wildman–Crippen LogP) is 1.76. The highest BCUT2D eigenvalue weighted by Crippen LogP contribution is 2.22. The smallest absolute Gasteiger partial charge is 0.320 e. The van der Waals surface area contributed by atoms with Crippen LogP contribution in [0.2, 0.25) is 0 Å². The Morgan fingerprint density at radius 2 is 2.00 bits per heavy atom. The number of aliphatic hydroxyl groups is 1. The molecule has 0 aliphatic rings. The average molecular weight is 345 g/mol. The van der Waals surface area contributed by atoms with Crippen LogP contribution in [-0.4, -0.2) is 53.0 Å². The molecule has 2 aromatic rings. The summed E-state index contributed by atoms with van der Waals surface area (Å²) < 4.78 is 1.62. The number of hydrogen-bond donors (Lipinski definition) is 3. The van der Waals surface area contributed by atoms with E-state index in [1.54, 1.807) is 17.8 Å². The fraction of sp³-hybridized carbons (Fsp3) is 0.444. The van der Waals surface area contributed by atoms with Gasteiger partial charge in [-0.1, -0.05) is 30.3 Å². The van der Waals surface area contributed by atoms with Crippen LogP contribution in [0.1, 0.15) is 17.4 Å². The monoisotopic (exact) mass is 345 g/mol. The first-order chi connectivity index (χ1) is 11.9. The third-order valence-corrected chi connectivity index (χ3v) is 3.96. The average Bonchev–Trinajstić information content (AvgIpc) is 2.88. The second-order valence-electron chi connectivity index (χ2n) is 6.51. The van der Waals surface area contributed by atoms with E-state index in [1.807, 2.05) is 56.3 Å². The van der Waals surface area contributed by atoms with Gasteiger partial charge in [0.25, 0.3) is 0 Å². The Kier molecular flexibility index (Phi) is 6.55. The Bertz CT molecular complexity index is 684. The highest BCUT2D eigenvalue weighted by molar-refractivity contribution is 5.88. The lowest BCUT2D eigenvalue weighted by molar-refractivity contribution is 0.0911. The maximum Gasteiger partial charge on any atom is 0.320 e. The third-order valence-electron chi connectivity index (χ3n) is 3.96. The summed E-state index contributed by atoms with van der Waals surface area (Å²) in [7, 11) is 5.67. The molecule has 0 spiro atoms. The molecule has 2 atom stereocenters. The molecule has 2 amide bonds. The highest BCUT2D eigenvalue weighted by atomic mass is 16.3. The van der Waals surface area contributed by atoms with Gasteiger partial charge in [0.2, 0.25) is 0 Å². The van der Waals surface area contributed by atoms with Crippen LogP contribution in [0, 0.1) is 12.8 Å². The summed E-state index contributed by atoms with van der Waals surface area (Å²) in [6, 6.07) is 11.0. The highest BCUT2D eigenvalue weighted by Gasteiger charge is 2.22. The minimum Gasteiger partial charge on any atom is -0.388 e. The maximum atomic E-state index is 12.2. The first-order valence-corrected chi connectivity index (χ1v) is 8.30. The minimum absolute atomic E-state index is 0.128.